The van der Waals surface area contributed by atoms with Crippen molar-refractivity contribution in [1.82, 2.24) is 0 Å². The van der Waals surface area contributed by atoms with Gasteiger partial charge in [0, 0.05) is 12.8 Å². The van der Waals surface area contributed by atoms with E-state index >= 15 is 0 Å². The average molecular weight is 200 g/mol. The van der Waals surface area contributed by atoms with Gasteiger partial charge in [0.05, 0.1) is 14.2 Å². The van der Waals surface area contributed by atoms with Gasteiger partial charge in [0.15, 0.2) is 0 Å². The Kier molecular flexibility index (Phi) is 12.1. The van der Waals surface area contributed by atoms with Crippen molar-refractivity contribution in [1.29, 1.82) is 0 Å². The molecule has 0 spiro atoms. The van der Waals surface area contributed by atoms with Crippen LogP contribution in [0.15, 0.2) is 0 Å². The summed E-state index contributed by atoms with van der Waals surface area (Å²) in [4.78, 5) is 21.0. The molecule has 0 N–H and O–H groups in total. The summed E-state index contributed by atoms with van der Waals surface area (Å²) in [6, 6.07) is 0. The van der Waals surface area contributed by atoms with Gasteiger partial charge in [-0.05, 0) is 6.42 Å². The van der Waals surface area contributed by atoms with Gasteiger partial charge in [0.25, 0.3) is 0 Å². The van der Waals surface area contributed by atoms with Gasteiger partial charge >= 0.3 is 63.3 Å². The van der Waals surface area contributed by atoms with E-state index in [9.17, 15) is 9.59 Å². The van der Waals surface area contributed by atoms with Crippen LogP contribution in [0.3, 0.4) is 0 Å². The van der Waals surface area contributed by atoms with Crippen molar-refractivity contribution in [2.75, 3.05) is 14.2 Å². The van der Waals surface area contributed by atoms with Gasteiger partial charge in [0.1, 0.15) is 0 Å². The van der Waals surface area contributed by atoms with Crippen molar-refractivity contribution in [3.05, 3.63) is 0 Å². The molecule has 0 unspecified atom stereocenters. The first kappa shape index (κ1) is 15.1. The van der Waals surface area contributed by atoms with E-state index in [0.29, 0.717) is 6.42 Å². The Hall–Kier alpha value is 0.576. The molecule has 0 rings (SSSR count). The van der Waals surface area contributed by atoms with Crippen LogP contribution in [-0.4, -0.2) is 77.5 Å². The molecule has 0 aromatic carbocycles. The summed E-state index contributed by atoms with van der Waals surface area (Å²) in [5, 5.41) is 0. The van der Waals surface area contributed by atoms with Crippen LogP contribution >= 0.6 is 0 Å². The third-order valence-electron chi connectivity index (χ3n) is 1.22. The summed E-state index contributed by atoms with van der Waals surface area (Å²) in [6.45, 7) is 0. The predicted molar refractivity (Wildman–Crippen MR) is 45.0 cm³/mol. The van der Waals surface area contributed by atoms with Gasteiger partial charge in [-0.25, -0.2) is 0 Å². The number of hydrogen-bond acceptors (Lipinski definition) is 4. The molecule has 0 fully saturated rings. The van der Waals surface area contributed by atoms with Crippen molar-refractivity contribution in [2.24, 2.45) is 0 Å². The number of carbonyl (C=O) groups is 2. The standard InChI is InChI=1S/C7H12O4.K.H/c1-10-6(8)4-3-5-7(9)11-2;;/h3-5H2,1-2H3;;. The van der Waals surface area contributed by atoms with Crippen LogP contribution in [0.4, 0.5) is 0 Å². The Morgan fingerprint density at radius 2 is 1.33 bits per heavy atom. The summed E-state index contributed by atoms with van der Waals surface area (Å²) >= 11 is 0. The molecule has 12 heavy (non-hydrogen) atoms. The van der Waals surface area contributed by atoms with Crippen molar-refractivity contribution < 1.29 is 19.1 Å². The quantitative estimate of drug-likeness (QED) is 0.468. The van der Waals surface area contributed by atoms with E-state index < -0.39 is 0 Å². The molecule has 0 aliphatic heterocycles. The van der Waals surface area contributed by atoms with Crippen molar-refractivity contribution in [3.63, 3.8) is 0 Å². The minimum atomic E-state index is -0.297. The van der Waals surface area contributed by atoms with Crippen LogP contribution < -0.4 is 0 Å². The van der Waals surface area contributed by atoms with Gasteiger partial charge in [-0.1, -0.05) is 0 Å². The number of hydrogen-bond donors (Lipinski definition) is 0. The maximum atomic E-state index is 10.5. The molecule has 0 saturated heterocycles. The van der Waals surface area contributed by atoms with Crippen LogP contribution in [0.25, 0.3) is 0 Å². The zero-order valence-electron chi connectivity index (χ0n) is 6.75. The summed E-state index contributed by atoms with van der Waals surface area (Å²) in [6.07, 6.45) is 1.02. The van der Waals surface area contributed by atoms with Crippen molar-refractivity contribution in [3.8, 4) is 0 Å². The molecule has 0 radical (unpaired) electrons. The number of carbonyl (C=O) groups excluding carboxylic acids is 2. The topological polar surface area (TPSA) is 52.6 Å². The van der Waals surface area contributed by atoms with Crippen molar-refractivity contribution in [2.45, 2.75) is 19.3 Å². The fourth-order valence-corrected chi connectivity index (χ4v) is 0.581. The summed E-state index contributed by atoms with van der Waals surface area (Å²) < 4.78 is 8.75. The maximum absolute atomic E-state index is 10.5. The van der Waals surface area contributed by atoms with Crippen LogP contribution in [0.2, 0.25) is 0 Å². The third kappa shape index (κ3) is 8.67. The van der Waals surface area contributed by atoms with Crippen LogP contribution in [0.5, 0.6) is 0 Å². The first-order valence-electron chi connectivity index (χ1n) is 3.34. The van der Waals surface area contributed by atoms with E-state index in [1.54, 1.807) is 0 Å². The Labute approximate surface area is 114 Å². The second-order valence-corrected chi connectivity index (χ2v) is 2.01. The van der Waals surface area contributed by atoms with Gasteiger partial charge in [0.2, 0.25) is 0 Å². The van der Waals surface area contributed by atoms with E-state index in [1.165, 1.54) is 14.2 Å². The molecule has 66 valence electrons. The Morgan fingerprint density at radius 1 is 1.00 bits per heavy atom. The third-order valence-corrected chi connectivity index (χ3v) is 1.22. The molecule has 0 aliphatic rings. The fraction of sp³-hybridized carbons (Fsp3) is 0.714. The van der Waals surface area contributed by atoms with E-state index in [1.807, 2.05) is 0 Å². The van der Waals surface area contributed by atoms with E-state index in [-0.39, 0.29) is 76.2 Å². The monoisotopic (exact) mass is 200 g/mol. The van der Waals surface area contributed by atoms with Crippen LogP contribution in [-0.2, 0) is 19.1 Å². The second-order valence-electron chi connectivity index (χ2n) is 2.01. The zero-order valence-corrected chi connectivity index (χ0v) is 6.75. The zero-order chi connectivity index (χ0) is 8.69. The molecular formula is C7H13KO4. The molecular weight excluding hydrogens is 187 g/mol. The van der Waals surface area contributed by atoms with Gasteiger partial charge in [-0.2, -0.15) is 0 Å². The molecule has 0 saturated carbocycles. The Bertz CT molecular complexity index is 130. The van der Waals surface area contributed by atoms with E-state index in [4.69, 9.17) is 0 Å². The Morgan fingerprint density at radius 3 is 1.58 bits per heavy atom. The molecule has 0 heterocycles. The van der Waals surface area contributed by atoms with E-state index in [2.05, 4.69) is 9.47 Å². The van der Waals surface area contributed by atoms with Gasteiger partial charge in [-0.3, -0.25) is 9.59 Å². The molecule has 0 bridgehead atoms. The fourth-order valence-electron chi connectivity index (χ4n) is 0.581. The Balaban J connectivity index is 0. The molecule has 0 amide bonds. The summed E-state index contributed by atoms with van der Waals surface area (Å²) in [5.74, 6) is -0.595. The van der Waals surface area contributed by atoms with Gasteiger partial charge < -0.3 is 9.47 Å². The first-order chi connectivity index (χ1) is 5.20. The number of ether oxygens (including phenoxy) is 2. The molecule has 0 aromatic rings. The molecule has 5 heteroatoms. The number of rotatable bonds is 4. The molecule has 0 atom stereocenters. The van der Waals surface area contributed by atoms with E-state index in [0.717, 1.165) is 0 Å². The molecule has 0 aliphatic carbocycles. The van der Waals surface area contributed by atoms with Crippen LogP contribution in [0.1, 0.15) is 19.3 Å². The van der Waals surface area contributed by atoms with Crippen molar-refractivity contribution >= 4 is 63.3 Å². The number of esters is 2. The SMILES string of the molecule is COC(=O)CCCC(=O)OC.[KH]. The molecule has 4 nitrogen and oxygen atoms in total. The predicted octanol–water partition coefficient (Wildman–Crippen LogP) is -0.146. The summed E-state index contributed by atoms with van der Waals surface area (Å²) in [7, 11) is 2.64. The average Bonchev–Trinajstić information content (AvgIpc) is 2.04. The number of methoxy groups -OCH3 is 2. The second kappa shape index (κ2) is 9.66. The molecule has 0 aromatic heterocycles. The van der Waals surface area contributed by atoms with Gasteiger partial charge in [-0.15, -0.1) is 0 Å². The first-order valence-corrected chi connectivity index (χ1v) is 3.34. The van der Waals surface area contributed by atoms with Crippen LogP contribution in [0, 0.1) is 0 Å². The minimum absolute atomic E-state index is 0. The normalized spacial score (nSPS) is 8.17. The summed E-state index contributed by atoms with van der Waals surface area (Å²) in [5.41, 5.74) is 0.